The predicted octanol–water partition coefficient (Wildman–Crippen LogP) is 1.27. The Morgan fingerprint density at radius 1 is 1.41 bits per heavy atom. The molecule has 0 aliphatic rings. The van der Waals surface area contributed by atoms with Crippen LogP contribution in [0, 0.1) is 0 Å². The van der Waals surface area contributed by atoms with Gasteiger partial charge in [0.25, 0.3) is 0 Å². The van der Waals surface area contributed by atoms with Crippen LogP contribution in [0.25, 0.3) is 0 Å². The van der Waals surface area contributed by atoms with Gasteiger partial charge in [-0.25, -0.2) is 0 Å². The molecule has 1 atom stereocenters. The van der Waals surface area contributed by atoms with Crippen molar-refractivity contribution in [1.82, 2.24) is 0 Å². The van der Waals surface area contributed by atoms with Crippen molar-refractivity contribution in [3.8, 4) is 0 Å². The molecule has 0 aromatic carbocycles. The molecule has 0 aliphatic heterocycles. The van der Waals surface area contributed by atoms with E-state index in [2.05, 4.69) is 0 Å². The molecule has 100 valence electrons. The Hall–Kier alpha value is -1.10. The minimum atomic E-state index is -3.54. The van der Waals surface area contributed by atoms with Crippen LogP contribution in [0.3, 0.4) is 0 Å². The molecule has 5 nitrogen and oxygen atoms in total. The van der Waals surface area contributed by atoms with E-state index in [4.69, 9.17) is 22.2 Å². The van der Waals surface area contributed by atoms with Gasteiger partial charge in [-0.15, -0.1) is 0 Å². The lowest BCUT2D eigenvalue weighted by molar-refractivity contribution is -0.873. The highest BCUT2D eigenvalue weighted by molar-refractivity contribution is 5.71. The molecule has 0 bridgehead atoms. The number of quaternary nitrogens is 1. The SMILES string of the molecule is [2H]C([2H])([2H])[N+](C[C@@H](CC(=O)O)OC(=O)CCCC)(C([2H])([2H])[2H])C([2H])([2H])[2H]. The number of rotatable bonds is 8. The lowest BCUT2D eigenvalue weighted by Crippen LogP contribution is -2.43. The summed E-state index contributed by atoms with van der Waals surface area (Å²) >= 11 is 0. The van der Waals surface area contributed by atoms with Crippen LogP contribution in [0.5, 0.6) is 0 Å². The summed E-state index contributed by atoms with van der Waals surface area (Å²) in [5, 5.41) is 8.96. The first-order valence-corrected chi connectivity index (χ1v) is 5.29. The van der Waals surface area contributed by atoms with Gasteiger partial charge >= 0.3 is 11.9 Å². The van der Waals surface area contributed by atoms with Gasteiger partial charge in [0.15, 0.2) is 6.10 Å². The Morgan fingerprint density at radius 2 is 2.06 bits per heavy atom. The van der Waals surface area contributed by atoms with E-state index in [9.17, 15) is 9.59 Å². The maximum Gasteiger partial charge on any atom is 0.307 e. The molecule has 0 saturated carbocycles. The van der Waals surface area contributed by atoms with Crippen LogP contribution in [-0.2, 0) is 14.3 Å². The van der Waals surface area contributed by atoms with Crippen molar-refractivity contribution in [2.24, 2.45) is 0 Å². The molecule has 0 aliphatic carbocycles. The highest BCUT2D eigenvalue weighted by Crippen LogP contribution is 2.07. The zero-order valence-electron chi connectivity index (χ0n) is 18.7. The molecule has 0 aromatic heterocycles. The molecule has 5 heteroatoms. The van der Waals surface area contributed by atoms with Crippen molar-refractivity contribution in [1.29, 1.82) is 0 Å². The predicted molar refractivity (Wildman–Crippen MR) is 64.6 cm³/mol. The first-order chi connectivity index (χ1) is 11.5. The fraction of sp³-hybridized carbons (Fsp3) is 0.833. The molecular weight excluding hydrogens is 222 g/mol. The summed E-state index contributed by atoms with van der Waals surface area (Å²) in [4.78, 5) is 22.8. The number of nitrogens with zero attached hydrogens (tertiary/aromatic N) is 1. The Kier molecular flexibility index (Phi) is 2.64. The fourth-order valence-electron chi connectivity index (χ4n) is 1.21. The molecule has 0 radical (unpaired) electrons. The van der Waals surface area contributed by atoms with Crippen molar-refractivity contribution >= 4 is 11.9 Å². The first kappa shape index (κ1) is 6.18. The maximum atomic E-state index is 11.8. The summed E-state index contributed by atoms with van der Waals surface area (Å²) in [6, 6.07) is 0. The summed E-state index contributed by atoms with van der Waals surface area (Å²) in [6.07, 6.45) is -1.66. The standard InChI is InChI=1S/C12H23NO4/c1-5-6-7-12(16)17-10(8-11(14)15)9-13(2,3)4/h10H,5-9H2,1-4H3/p+1/t10-/m1/s1/i2D3,3D3,4D3. The van der Waals surface area contributed by atoms with Crippen LogP contribution < -0.4 is 0 Å². The number of hydrogen-bond donors (Lipinski definition) is 1. The van der Waals surface area contributed by atoms with Crippen LogP contribution in [0.2, 0.25) is 0 Å². The van der Waals surface area contributed by atoms with Crippen molar-refractivity contribution in [3.05, 3.63) is 0 Å². The quantitative estimate of drug-likeness (QED) is 0.524. The van der Waals surface area contributed by atoms with Crippen LogP contribution >= 0.6 is 0 Å². The van der Waals surface area contributed by atoms with Crippen molar-refractivity contribution in [3.63, 3.8) is 0 Å². The Balaban J connectivity index is 5.99. The average molecular weight is 255 g/mol. The number of carboxylic acid groups (broad SMARTS) is 1. The van der Waals surface area contributed by atoms with Gasteiger partial charge in [-0.2, -0.15) is 0 Å². The summed E-state index contributed by atoms with van der Waals surface area (Å²) in [6.45, 7) is -10.0. The highest BCUT2D eigenvalue weighted by atomic mass is 16.5. The third-order valence-electron chi connectivity index (χ3n) is 1.91. The van der Waals surface area contributed by atoms with Crippen molar-refractivity contribution in [2.45, 2.75) is 38.7 Å². The lowest BCUT2D eigenvalue weighted by atomic mass is 10.2. The topological polar surface area (TPSA) is 63.6 Å². The van der Waals surface area contributed by atoms with E-state index in [1.54, 1.807) is 6.92 Å². The molecule has 1 N–H and O–H groups in total. The minimum Gasteiger partial charge on any atom is -0.481 e. The van der Waals surface area contributed by atoms with E-state index >= 15 is 0 Å². The minimum absolute atomic E-state index is 0.0814. The van der Waals surface area contributed by atoms with Gasteiger partial charge in [0, 0.05) is 6.42 Å². The number of aliphatic carboxylic acids is 1. The van der Waals surface area contributed by atoms with Gasteiger partial charge < -0.3 is 14.3 Å². The number of carbonyl (C=O) groups excluding carboxylic acids is 1. The van der Waals surface area contributed by atoms with E-state index in [-0.39, 0.29) is 6.42 Å². The second-order valence-electron chi connectivity index (χ2n) is 3.81. The van der Waals surface area contributed by atoms with E-state index in [1.165, 1.54) is 0 Å². The van der Waals surface area contributed by atoms with Crippen molar-refractivity contribution in [2.75, 3.05) is 27.5 Å². The molecule has 0 aromatic rings. The normalized spacial score (nSPS) is 23.2. The number of hydrogen-bond acceptors (Lipinski definition) is 3. The van der Waals surface area contributed by atoms with Crippen molar-refractivity contribution < 1.29 is 36.3 Å². The molecule has 0 amide bonds. The molecular formula is C12H24NO4+. The summed E-state index contributed by atoms with van der Waals surface area (Å²) in [5.41, 5.74) is 0. The number of carboxylic acids is 1. The average Bonchev–Trinajstić information content (AvgIpc) is 2.37. The van der Waals surface area contributed by atoms with Gasteiger partial charge in [0.05, 0.1) is 39.7 Å². The van der Waals surface area contributed by atoms with Gasteiger partial charge in [0.1, 0.15) is 6.54 Å². The number of unbranched alkanes of at least 4 members (excludes halogenated alkanes) is 1. The number of carbonyl (C=O) groups is 2. The Bertz CT molecular complexity index is 462. The molecule has 0 fully saturated rings. The zero-order valence-corrected chi connectivity index (χ0v) is 9.73. The van der Waals surface area contributed by atoms with E-state index in [1.807, 2.05) is 0 Å². The van der Waals surface area contributed by atoms with E-state index in [0.717, 1.165) is 0 Å². The molecule has 0 spiro atoms. The number of esters is 1. The number of likely N-dealkylation sites (N-methyl/N-ethyl adjacent to an activating group) is 1. The fourth-order valence-corrected chi connectivity index (χ4v) is 1.21. The smallest absolute Gasteiger partial charge is 0.307 e. The second kappa shape index (κ2) is 7.27. The third kappa shape index (κ3) is 9.81. The number of ether oxygens (including phenoxy) is 1. The molecule has 0 rings (SSSR count). The van der Waals surface area contributed by atoms with Crippen LogP contribution in [0.15, 0.2) is 0 Å². The summed E-state index contributed by atoms with van der Waals surface area (Å²) < 4.78 is 70.2. The second-order valence-corrected chi connectivity index (χ2v) is 3.81. The van der Waals surface area contributed by atoms with Crippen LogP contribution in [-0.4, -0.2) is 55.1 Å². The van der Waals surface area contributed by atoms with E-state index in [0.29, 0.717) is 12.8 Å². The van der Waals surface area contributed by atoms with Crippen LogP contribution in [0.1, 0.15) is 44.9 Å². The highest BCUT2D eigenvalue weighted by Gasteiger charge is 2.24. The maximum absolute atomic E-state index is 11.8. The largest absolute Gasteiger partial charge is 0.481 e. The first-order valence-electron chi connectivity index (χ1n) is 9.79. The van der Waals surface area contributed by atoms with E-state index < -0.39 is 56.4 Å². The van der Waals surface area contributed by atoms with Crippen LogP contribution in [0.4, 0.5) is 0 Å². The lowest BCUT2D eigenvalue weighted by Gasteiger charge is -2.28. The van der Waals surface area contributed by atoms with Gasteiger partial charge in [-0.1, -0.05) is 13.3 Å². The Labute approximate surface area is 116 Å². The molecule has 0 unspecified atom stereocenters. The molecule has 0 saturated heterocycles. The van der Waals surface area contributed by atoms with Gasteiger partial charge in [0.2, 0.25) is 0 Å². The summed E-state index contributed by atoms with van der Waals surface area (Å²) in [7, 11) is 0. The van der Waals surface area contributed by atoms with Gasteiger partial charge in [-0.05, 0) is 6.42 Å². The third-order valence-corrected chi connectivity index (χ3v) is 1.91. The molecule has 0 heterocycles. The molecule has 17 heavy (non-hydrogen) atoms. The van der Waals surface area contributed by atoms with Gasteiger partial charge in [-0.3, -0.25) is 9.59 Å². The summed E-state index contributed by atoms with van der Waals surface area (Å²) in [5.74, 6) is -2.34. The monoisotopic (exact) mass is 255 g/mol. The Morgan fingerprint density at radius 3 is 2.53 bits per heavy atom. The zero-order chi connectivity index (χ0) is 21.0.